The van der Waals surface area contributed by atoms with Gasteiger partial charge in [-0.1, -0.05) is 6.07 Å². The van der Waals surface area contributed by atoms with Gasteiger partial charge in [0.25, 0.3) is 5.91 Å². The molecule has 2 aromatic carbocycles. The lowest BCUT2D eigenvalue weighted by atomic mass is 10.1. The molecule has 7 rings (SSSR count). The van der Waals surface area contributed by atoms with E-state index >= 15 is 0 Å². The summed E-state index contributed by atoms with van der Waals surface area (Å²) in [5.74, 6) is 1.66. The van der Waals surface area contributed by atoms with E-state index in [0.29, 0.717) is 52.4 Å². The molecule has 3 heterocycles. The van der Waals surface area contributed by atoms with Gasteiger partial charge in [-0.05, 0) is 80.8 Å². The van der Waals surface area contributed by atoms with Gasteiger partial charge in [-0.25, -0.2) is 4.98 Å². The van der Waals surface area contributed by atoms with Crippen LogP contribution in [0.5, 0.6) is 11.6 Å². The first-order valence-corrected chi connectivity index (χ1v) is 14.8. The van der Waals surface area contributed by atoms with E-state index in [1.165, 1.54) is 0 Å². The van der Waals surface area contributed by atoms with Crippen LogP contribution in [0.3, 0.4) is 0 Å². The highest BCUT2D eigenvalue weighted by atomic mass is 16.5. The second-order valence-corrected chi connectivity index (χ2v) is 11.3. The van der Waals surface area contributed by atoms with Crippen LogP contribution in [0.15, 0.2) is 47.0 Å². The molecule has 0 radical (unpaired) electrons. The van der Waals surface area contributed by atoms with E-state index < -0.39 is 6.10 Å². The monoisotopic (exact) mass is 582 g/mol. The molecule has 2 aliphatic carbocycles. The number of ether oxygens (including phenoxy) is 2. The summed E-state index contributed by atoms with van der Waals surface area (Å²) < 4.78 is 17.9. The second kappa shape index (κ2) is 11.2. The first-order valence-electron chi connectivity index (χ1n) is 14.8. The molecule has 11 heteroatoms. The molecule has 43 heavy (non-hydrogen) atoms. The normalized spacial score (nSPS) is 18.9. The lowest BCUT2D eigenvalue weighted by Crippen LogP contribution is -2.39. The van der Waals surface area contributed by atoms with Gasteiger partial charge in [0.1, 0.15) is 23.0 Å². The number of carbonyl (C=O) groups is 1. The lowest BCUT2D eigenvalue weighted by molar-refractivity contribution is 0.0873. The van der Waals surface area contributed by atoms with Gasteiger partial charge in [0, 0.05) is 24.2 Å². The summed E-state index contributed by atoms with van der Waals surface area (Å²) in [5.41, 5.74) is 5.03. The number of benzene rings is 2. The Labute approximate surface area is 248 Å². The summed E-state index contributed by atoms with van der Waals surface area (Å²) in [5, 5.41) is 17.1. The predicted octanol–water partition coefficient (Wildman–Crippen LogP) is 5.79. The number of aryl methyl sites for hydroxylation is 1. The lowest BCUT2D eigenvalue weighted by Gasteiger charge is -2.18. The average Bonchev–Trinajstić information content (AvgIpc) is 3.81. The van der Waals surface area contributed by atoms with Crippen molar-refractivity contribution in [1.82, 2.24) is 25.3 Å². The number of methoxy groups -OCH3 is 1. The van der Waals surface area contributed by atoms with Gasteiger partial charge in [-0.15, -0.1) is 0 Å². The fraction of sp³-hybridized carbons (Fsp3) is 0.375. The van der Waals surface area contributed by atoms with Crippen molar-refractivity contribution >= 4 is 39.7 Å². The van der Waals surface area contributed by atoms with Crippen LogP contribution in [-0.4, -0.2) is 56.3 Å². The van der Waals surface area contributed by atoms with Crippen LogP contribution in [0.2, 0.25) is 0 Å². The van der Waals surface area contributed by atoms with Gasteiger partial charge < -0.3 is 34.6 Å². The van der Waals surface area contributed by atoms with Crippen LogP contribution >= 0.6 is 0 Å². The number of aromatic nitrogens is 4. The van der Waals surface area contributed by atoms with Gasteiger partial charge in [0.15, 0.2) is 11.5 Å². The van der Waals surface area contributed by atoms with E-state index in [1.807, 2.05) is 31.3 Å². The number of hydrogen-bond acceptors (Lipinski definition) is 9. The molecule has 0 spiro atoms. The van der Waals surface area contributed by atoms with Gasteiger partial charge in [0.2, 0.25) is 11.8 Å². The molecule has 4 N–H and O–H groups in total. The SMILES string of the molecule is COc1cc(C(=O)N[C@H]2CCC[C@H]2O)ccc1Nc1nc(OC2CCCC2)c2c(-c3ccc4nc(C)oc4c3)c[nH]c2n1. The topological polar surface area (TPSA) is 147 Å². The average molecular weight is 583 g/mol. The zero-order valence-corrected chi connectivity index (χ0v) is 24.1. The number of nitrogens with zero attached hydrogens (tertiary/aromatic N) is 3. The van der Waals surface area contributed by atoms with Gasteiger partial charge in [0.05, 0.1) is 30.3 Å². The number of nitrogens with one attached hydrogen (secondary N) is 3. The van der Waals surface area contributed by atoms with Crippen LogP contribution in [0, 0.1) is 6.92 Å². The van der Waals surface area contributed by atoms with Crippen LogP contribution in [-0.2, 0) is 0 Å². The molecule has 1 amide bonds. The fourth-order valence-corrected chi connectivity index (χ4v) is 6.16. The molecule has 2 fully saturated rings. The van der Waals surface area contributed by atoms with Crippen molar-refractivity contribution in [3.8, 4) is 22.8 Å². The summed E-state index contributed by atoms with van der Waals surface area (Å²) in [6.07, 6.45) is 8.05. The molecule has 0 bridgehead atoms. The number of rotatable bonds is 8. The van der Waals surface area contributed by atoms with Crippen LogP contribution in [0.25, 0.3) is 33.3 Å². The van der Waals surface area contributed by atoms with Crippen LogP contribution in [0.4, 0.5) is 11.6 Å². The minimum absolute atomic E-state index is 0.0822. The molecule has 2 atom stereocenters. The van der Waals surface area contributed by atoms with Crippen molar-refractivity contribution in [2.75, 3.05) is 12.4 Å². The van der Waals surface area contributed by atoms with Crippen LogP contribution < -0.4 is 20.1 Å². The minimum Gasteiger partial charge on any atom is -0.495 e. The van der Waals surface area contributed by atoms with Crippen molar-refractivity contribution in [2.24, 2.45) is 0 Å². The molecule has 2 saturated carbocycles. The van der Waals surface area contributed by atoms with Crippen molar-refractivity contribution < 1.29 is 23.8 Å². The fourth-order valence-electron chi connectivity index (χ4n) is 6.16. The van der Waals surface area contributed by atoms with Crippen molar-refractivity contribution in [2.45, 2.75) is 70.1 Å². The highest BCUT2D eigenvalue weighted by Gasteiger charge is 2.27. The zero-order valence-electron chi connectivity index (χ0n) is 24.1. The predicted molar refractivity (Wildman–Crippen MR) is 162 cm³/mol. The summed E-state index contributed by atoms with van der Waals surface area (Å²) in [6, 6.07) is 10.8. The summed E-state index contributed by atoms with van der Waals surface area (Å²) >= 11 is 0. The van der Waals surface area contributed by atoms with Crippen molar-refractivity contribution in [3.63, 3.8) is 0 Å². The second-order valence-electron chi connectivity index (χ2n) is 11.3. The number of aliphatic hydroxyl groups is 1. The minimum atomic E-state index is -0.512. The third kappa shape index (κ3) is 5.36. The standard InChI is InChI=1S/C32H34N6O5/c1-17-34-24-12-10-18(14-27(24)42-17)21-16-33-29-28(21)31(43-20-6-3-4-7-20)38-32(37-29)36-23-13-11-19(15-26(23)41-2)30(40)35-22-8-5-9-25(22)39/h10-16,20,22,25,39H,3-9H2,1-2H3,(H,35,40)(H2,33,36,37,38)/t22-,25+/m0/s1. The number of oxazole rings is 1. The highest BCUT2D eigenvalue weighted by molar-refractivity contribution is 5.99. The number of amides is 1. The largest absolute Gasteiger partial charge is 0.495 e. The maximum Gasteiger partial charge on any atom is 0.251 e. The number of anilines is 2. The molecule has 0 aliphatic heterocycles. The van der Waals surface area contributed by atoms with Gasteiger partial charge in [-0.3, -0.25) is 4.79 Å². The van der Waals surface area contributed by atoms with Crippen LogP contribution in [0.1, 0.15) is 61.2 Å². The number of hydrogen-bond donors (Lipinski definition) is 4. The third-order valence-corrected chi connectivity index (χ3v) is 8.39. The first-order chi connectivity index (χ1) is 20.9. The van der Waals surface area contributed by atoms with Gasteiger partial charge >= 0.3 is 0 Å². The molecule has 0 saturated heterocycles. The zero-order chi connectivity index (χ0) is 29.5. The molecular formula is C32H34N6O5. The summed E-state index contributed by atoms with van der Waals surface area (Å²) in [6.45, 7) is 1.83. The smallest absolute Gasteiger partial charge is 0.251 e. The van der Waals surface area contributed by atoms with E-state index in [2.05, 4.69) is 20.6 Å². The Morgan fingerprint density at radius 1 is 1.05 bits per heavy atom. The Morgan fingerprint density at radius 2 is 1.91 bits per heavy atom. The first kappa shape index (κ1) is 27.2. The molecule has 11 nitrogen and oxygen atoms in total. The van der Waals surface area contributed by atoms with Gasteiger partial charge in [-0.2, -0.15) is 9.97 Å². The van der Waals surface area contributed by atoms with E-state index in [9.17, 15) is 9.90 Å². The van der Waals surface area contributed by atoms with E-state index in [-0.39, 0.29) is 18.1 Å². The Hall–Kier alpha value is -4.64. The Morgan fingerprint density at radius 3 is 2.70 bits per heavy atom. The molecule has 0 unspecified atom stereocenters. The maximum atomic E-state index is 12.9. The Kier molecular flexibility index (Phi) is 7.10. The number of carbonyl (C=O) groups excluding carboxylic acids is 1. The maximum absolute atomic E-state index is 12.9. The Balaban J connectivity index is 1.21. The molecular weight excluding hydrogens is 548 g/mol. The molecule has 222 valence electrons. The number of H-pyrrole nitrogens is 1. The van der Waals surface area contributed by atoms with Crippen molar-refractivity contribution in [3.05, 3.63) is 54.0 Å². The summed E-state index contributed by atoms with van der Waals surface area (Å²) in [4.78, 5) is 30.2. The number of aromatic amines is 1. The van der Waals surface area contributed by atoms with E-state index in [0.717, 1.165) is 60.6 Å². The molecule has 3 aromatic heterocycles. The summed E-state index contributed by atoms with van der Waals surface area (Å²) in [7, 11) is 1.55. The van der Waals surface area contributed by atoms with Crippen molar-refractivity contribution in [1.29, 1.82) is 0 Å². The third-order valence-electron chi connectivity index (χ3n) is 8.39. The quantitative estimate of drug-likeness (QED) is 0.178. The number of fused-ring (bicyclic) bond motifs is 2. The highest BCUT2D eigenvalue weighted by Crippen LogP contribution is 2.38. The van der Waals surface area contributed by atoms with E-state index in [4.69, 9.17) is 23.9 Å². The number of aliphatic hydroxyl groups excluding tert-OH is 1. The molecule has 2 aliphatic rings. The van der Waals surface area contributed by atoms with E-state index in [1.54, 1.807) is 25.3 Å². The molecule has 5 aromatic rings. The Bertz CT molecular complexity index is 1810.